The fraction of sp³-hybridized carbons (Fsp3) is 0. The number of nitrogens with zero attached hydrogens (tertiary/aromatic N) is 1. The molecule has 0 saturated carbocycles. The van der Waals surface area contributed by atoms with Gasteiger partial charge >= 0.3 is 0 Å². The van der Waals surface area contributed by atoms with E-state index in [2.05, 4.69) is 32.9 Å². The fourth-order valence-corrected chi connectivity index (χ4v) is 3.11. The molecule has 1 N–H and O–H groups in total. The predicted molar refractivity (Wildman–Crippen MR) is 114 cm³/mol. The first-order chi connectivity index (χ1) is 13.6. The third-order valence-electron chi connectivity index (χ3n) is 4.14. The van der Waals surface area contributed by atoms with Crippen molar-refractivity contribution in [3.05, 3.63) is 93.9 Å². The van der Waals surface area contributed by atoms with Crippen LogP contribution in [0.15, 0.2) is 83.4 Å². The topological polar surface area (TPSA) is 55.1 Å². The summed E-state index contributed by atoms with van der Waals surface area (Å²) >= 11 is 2.21. The van der Waals surface area contributed by atoms with E-state index in [-0.39, 0.29) is 11.7 Å². The van der Waals surface area contributed by atoms with Gasteiger partial charge in [-0.2, -0.15) is 0 Å². The number of aromatic nitrogens is 1. The minimum Gasteiger partial charge on any atom is -0.436 e. The van der Waals surface area contributed by atoms with Crippen LogP contribution in [0.1, 0.15) is 10.4 Å². The van der Waals surface area contributed by atoms with Gasteiger partial charge in [-0.15, -0.1) is 0 Å². The second kappa shape index (κ2) is 7.93. The number of oxazole rings is 1. The van der Waals surface area contributed by atoms with Crippen molar-refractivity contribution >= 4 is 34.2 Å². The first kappa shape index (κ1) is 18.4. The number of hydrogen-bond donors (Lipinski definition) is 1. The van der Waals surface area contributed by atoms with E-state index in [0.717, 1.165) is 3.57 Å². The van der Waals surface area contributed by atoms with Gasteiger partial charge in [0.2, 0.25) is 5.89 Å². The molecule has 0 saturated heterocycles. The molecule has 0 bridgehead atoms. The van der Waals surface area contributed by atoms with E-state index < -0.39 is 0 Å². The van der Waals surface area contributed by atoms with Crippen LogP contribution < -0.4 is 5.32 Å². The molecular weight excluding hydrogens is 470 g/mol. The molecule has 3 aromatic carbocycles. The van der Waals surface area contributed by atoms with Crippen LogP contribution in [0.2, 0.25) is 0 Å². The number of anilines is 1. The molecule has 0 aliphatic rings. The van der Waals surface area contributed by atoms with Crippen LogP contribution >= 0.6 is 22.6 Å². The highest BCUT2D eigenvalue weighted by molar-refractivity contribution is 14.1. The van der Waals surface area contributed by atoms with Gasteiger partial charge < -0.3 is 9.73 Å². The van der Waals surface area contributed by atoms with E-state index in [1.807, 2.05) is 30.3 Å². The number of nitrogens with one attached hydrogen (secondary N) is 1. The Labute approximate surface area is 174 Å². The van der Waals surface area contributed by atoms with Gasteiger partial charge in [0, 0.05) is 20.4 Å². The number of carbonyl (C=O) groups is 1. The maximum atomic E-state index is 13.1. The van der Waals surface area contributed by atoms with E-state index in [4.69, 9.17) is 4.42 Å². The average molecular weight is 484 g/mol. The summed E-state index contributed by atoms with van der Waals surface area (Å²) in [5, 5.41) is 2.89. The first-order valence-corrected chi connectivity index (χ1v) is 9.56. The Bertz CT molecular complexity index is 1120. The van der Waals surface area contributed by atoms with Gasteiger partial charge in [0.15, 0.2) is 5.76 Å². The molecule has 1 amide bonds. The summed E-state index contributed by atoms with van der Waals surface area (Å²) in [7, 11) is 0. The minimum atomic E-state index is -0.318. The highest BCUT2D eigenvalue weighted by atomic mass is 127. The molecule has 1 heterocycles. The van der Waals surface area contributed by atoms with Crippen molar-refractivity contribution in [3.8, 4) is 22.8 Å². The molecule has 6 heteroatoms. The van der Waals surface area contributed by atoms with Crippen molar-refractivity contribution < 1.29 is 13.6 Å². The fourth-order valence-electron chi connectivity index (χ4n) is 2.75. The average Bonchev–Trinajstić information content (AvgIpc) is 3.20. The quantitative estimate of drug-likeness (QED) is 0.362. The summed E-state index contributed by atoms with van der Waals surface area (Å²) in [6, 6.07) is 20.6. The van der Waals surface area contributed by atoms with Crippen LogP contribution in [0.4, 0.5) is 10.1 Å². The summed E-state index contributed by atoms with van der Waals surface area (Å²) in [6.45, 7) is 0. The van der Waals surface area contributed by atoms with Crippen LogP contribution in [0, 0.1) is 9.39 Å². The molecule has 0 aliphatic carbocycles. The van der Waals surface area contributed by atoms with Gasteiger partial charge in [-0.05, 0) is 83.3 Å². The van der Waals surface area contributed by atoms with E-state index in [1.165, 1.54) is 12.1 Å². The zero-order chi connectivity index (χ0) is 19.5. The van der Waals surface area contributed by atoms with E-state index in [0.29, 0.717) is 34.0 Å². The molecule has 138 valence electrons. The highest BCUT2D eigenvalue weighted by Gasteiger charge is 2.17. The van der Waals surface area contributed by atoms with Gasteiger partial charge in [0.05, 0.1) is 11.8 Å². The summed E-state index contributed by atoms with van der Waals surface area (Å²) in [4.78, 5) is 17.1. The minimum absolute atomic E-state index is 0.252. The number of amides is 1. The summed E-state index contributed by atoms with van der Waals surface area (Å²) in [5.41, 5.74) is 2.45. The third kappa shape index (κ3) is 3.96. The predicted octanol–water partition coefficient (Wildman–Crippen LogP) is 6.00. The smallest absolute Gasteiger partial charge is 0.256 e. The van der Waals surface area contributed by atoms with Crippen molar-refractivity contribution in [1.82, 2.24) is 4.98 Å². The number of rotatable bonds is 4. The molecule has 0 fully saturated rings. The standard InChI is InChI=1S/C22H14FIN2O2/c23-15-7-5-14(6-8-15)20-13-25-22(28-20)19-4-2-1-3-18(19)21(27)26-17-11-9-16(24)10-12-17/h1-13H,(H,26,27). The molecule has 0 atom stereocenters. The van der Waals surface area contributed by atoms with E-state index >= 15 is 0 Å². The number of halogens is 2. The molecule has 1 aromatic heterocycles. The Morgan fingerprint density at radius 3 is 2.43 bits per heavy atom. The lowest BCUT2D eigenvalue weighted by Gasteiger charge is -2.08. The lowest BCUT2D eigenvalue weighted by atomic mass is 10.1. The Balaban J connectivity index is 1.63. The SMILES string of the molecule is O=C(Nc1ccc(I)cc1)c1ccccc1-c1ncc(-c2ccc(F)cc2)o1. The second-order valence-corrected chi connectivity index (χ2v) is 7.29. The van der Waals surface area contributed by atoms with Gasteiger partial charge in [-0.3, -0.25) is 4.79 Å². The maximum Gasteiger partial charge on any atom is 0.256 e. The molecule has 0 radical (unpaired) electrons. The Hall–Kier alpha value is -3.00. The van der Waals surface area contributed by atoms with Crippen LogP contribution in [-0.4, -0.2) is 10.9 Å². The molecule has 0 unspecified atom stereocenters. The first-order valence-electron chi connectivity index (χ1n) is 8.48. The maximum absolute atomic E-state index is 13.1. The molecular formula is C22H14FIN2O2. The summed E-state index contributed by atoms with van der Waals surface area (Å²) < 4.78 is 20.0. The monoisotopic (exact) mass is 484 g/mol. The van der Waals surface area contributed by atoms with Crippen molar-refractivity contribution in [1.29, 1.82) is 0 Å². The van der Waals surface area contributed by atoms with Crippen LogP contribution in [0.3, 0.4) is 0 Å². The molecule has 4 aromatic rings. The molecule has 28 heavy (non-hydrogen) atoms. The lowest BCUT2D eigenvalue weighted by Crippen LogP contribution is -2.13. The van der Waals surface area contributed by atoms with Gasteiger partial charge in [-0.1, -0.05) is 12.1 Å². The molecule has 0 aliphatic heterocycles. The highest BCUT2D eigenvalue weighted by Crippen LogP contribution is 2.29. The van der Waals surface area contributed by atoms with Crippen molar-refractivity contribution in [2.45, 2.75) is 0 Å². The Morgan fingerprint density at radius 2 is 1.68 bits per heavy atom. The van der Waals surface area contributed by atoms with Crippen LogP contribution in [0.5, 0.6) is 0 Å². The lowest BCUT2D eigenvalue weighted by molar-refractivity contribution is 0.102. The summed E-state index contributed by atoms with van der Waals surface area (Å²) in [6.07, 6.45) is 1.57. The number of carbonyl (C=O) groups excluding carboxylic acids is 1. The Kier molecular flexibility index (Phi) is 5.21. The third-order valence-corrected chi connectivity index (χ3v) is 4.86. The number of hydrogen-bond acceptors (Lipinski definition) is 3. The van der Waals surface area contributed by atoms with Crippen molar-refractivity contribution in [2.24, 2.45) is 0 Å². The number of benzene rings is 3. The van der Waals surface area contributed by atoms with Crippen molar-refractivity contribution in [2.75, 3.05) is 5.32 Å². The second-order valence-electron chi connectivity index (χ2n) is 6.04. The zero-order valence-corrected chi connectivity index (χ0v) is 16.7. The normalized spacial score (nSPS) is 10.6. The largest absolute Gasteiger partial charge is 0.436 e. The van der Waals surface area contributed by atoms with Crippen LogP contribution in [0.25, 0.3) is 22.8 Å². The van der Waals surface area contributed by atoms with Crippen LogP contribution in [-0.2, 0) is 0 Å². The molecule has 0 spiro atoms. The van der Waals surface area contributed by atoms with Crippen molar-refractivity contribution in [3.63, 3.8) is 0 Å². The van der Waals surface area contributed by atoms with E-state index in [9.17, 15) is 9.18 Å². The molecule has 4 nitrogen and oxygen atoms in total. The zero-order valence-electron chi connectivity index (χ0n) is 14.5. The van der Waals surface area contributed by atoms with Gasteiger partial charge in [-0.25, -0.2) is 9.37 Å². The van der Waals surface area contributed by atoms with E-state index in [1.54, 1.807) is 36.5 Å². The van der Waals surface area contributed by atoms with Gasteiger partial charge in [0.1, 0.15) is 5.82 Å². The summed E-state index contributed by atoms with van der Waals surface area (Å²) in [5.74, 6) is 0.259. The molecule has 4 rings (SSSR count). The van der Waals surface area contributed by atoms with Gasteiger partial charge in [0.25, 0.3) is 5.91 Å². The Morgan fingerprint density at radius 1 is 0.964 bits per heavy atom.